The summed E-state index contributed by atoms with van der Waals surface area (Å²) in [6.45, 7) is 0.591. The Kier molecular flexibility index (Phi) is 2.56. The fraction of sp³-hybridized carbons (Fsp3) is 0.300. The molecule has 0 bridgehead atoms. The van der Waals surface area contributed by atoms with Crippen molar-refractivity contribution < 1.29 is 4.79 Å². The largest absolute Gasteiger partial charge is 0.278 e. The second-order valence-corrected chi connectivity index (χ2v) is 5.54. The molecule has 3 heterocycles. The van der Waals surface area contributed by atoms with Gasteiger partial charge in [0.25, 0.3) is 5.95 Å². The number of hydrogen-bond donors (Lipinski definition) is 0. The summed E-state index contributed by atoms with van der Waals surface area (Å²) < 4.78 is 1.58. The molecule has 17 heavy (non-hydrogen) atoms. The van der Waals surface area contributed by atoms with E-state index in [4.69, 9.17) is 11.6 Å². The van der Waals surface area contributed by atoms with E-state index < -0.39 is 0 Å². The molecule has 1 amide bonds. The first-order chi connectivity index (χ1) is 8.15. The van der Waals surface area contributed by atoms with Gasteiger partial charge in [0.05, 0.1) is 5.02 Å². The highest BCUT2D eigenvalue weighted by Crippen LogP contribution is 2.24. The number of hydrogen-bond acceptors (Lipinski definition) is 3. The zero-order chi connectivity index (χ0) is 12.0. The maximum atomic E-state index is 11.7. The van der Waals surface area contributed by atoms with Crippen LogP contribution in [0.1, 0.15) is 6.42 Å². The van der Waals surface area contributed by atoms with Gasteiger partial charge in [-0.1, -0.05) is 27.5 Å². The maximum absolute atomic E-state index is 11.7. The van der Waals surface area contributed by atoms with Gasteiger partial charge in [0.2, 0.25) is 5.91 Å². The zero-order valence-electron chi connectivity index (χ0n) is 8.68. The highest BCUT2D eigenvalue weighted by molar-refractivity contribution is 9.09. The predicted molar refractivity (Wildman–Crippen MR) is 67.7 cm³/mol. The average molecular weight is 316 g/mol. The van der Waals surface area contributed by atoms with Crippen molar-refractivity contribution in [2.24, 2.45) is 0 Å². The van der Waals surface area contributed by atoms with Crippen molar-refractivity contribution in [1.82, 2.24) is 14.6 Å². The molecule has 0 saturated carbocycles. The minimum atomic E-state index is 0.0268. The van der Waals surface area contributed by atoms with Gasteiger partial charge in [-0.15, -0.1) is 5.10 Å². The Morgan fingerprint density at radius 3 is 3.00 bits per heavy atom. The lowest BCUT2D eigenvalue weighted by Gasteiger charge is -2.09. The Morgan fingerprint density at radius 2 is 2.35 bits per heavy atom. The fourth-order valence-corrected chi connectivity index (χ4v) is 2.60. The van der Waals surface area contributed by atoms with Crippen LogP contribution in [-0.4, -0.2) is 31.9 Å². The lowest BCUT2D eigenvalue weighted by Crippen LogP contribution is -2.25. The summed E-state index contributed by atoms with van der Waals surface area (Å²) in [5, 5.41) is 4.77. The van der Waals surface area contributed by atoms with Crippen molar-refractivity contribution in [1.29, 1.82) is 0 Å². The Balaban J connectivity index is 2.07. The van der Waals surface area contributed by atoms with E-state index in [1.54, 1.807) is 27.7 Å². The van der Waals surface area contributed by atoms with E-state index in [1.165, 1.54) is 0 Å². The molecule has 88 valence electrons. The van der Waals surface area contributed by atoms with Gasteiger partial charge in [0.1, 0.15) is 0 Å². The summed E-state index contributed by atoms with van der Waals surface area (Å²) in [4.78, 5) is 17.7. The van der Waals surface area contributed by atoms with Crippen LogP contribution >= 0.6 is 27.5 Å². The molecule has 1 fully saturated rings. The number of carbonyl (C=O) groups is 1. The molecule has 5 nitrogen and oxygen atoms in total. The van der Waals surface area contributed by atoms with Crippen LogP contribution in [0.15, 0.2) is 18.3 Å². The molecule has 1 aliphatic heterocycles. The van der Waals surface area contributed by atoms with Crippen LogP contribution in [0.4, 0.5) is 5.95 Å². The normalized spacial score (nSPS) is 20.5. The lowest BCUT2D eigenvalue weighted by atomic mass is 10.4. The van der Waals surface area contributed by atoms with Crippen LogP contribution in [0.25, 0.3) is 5.65 Å². The molecular formula is C10H8BrClN4O. The molecule has 2 aromatic rings. The quantitative estimate of drug-likeness (QED) is 0.755. The van der Waals surface area contributed by atoms with Crippen molar-refractivity contribution in [3.63, 3.8) is 0 Å². The number of halogens is 2. The Hall–Kier alpha value is -1.14. The number of pyridine rings is 1. The van der Waals surface area contributed by atoms with Crippen molar-refractivity contribution >= 4 is 45.0 Å². The van der Waals surface area contributed by atoms with Gasteiger partial charge in [-0.2, -0.15) is 4.98 Å². The number of amides is 1. The molecule has 1 atom stereocenters. The smallest absolute Gasteiger partial charge is 0.252 e. The number of nitrogens with zero attached hydrogens (tertiary/aromatic N) is 4. The molecular weight excluding hydrogens is 307 g/mol. The van der Waals surface area contributed by atoms with E-state index in [9.17, 15) is 4.79 Å². The number of carbonyl (C=O) groups excluding carboxylic acids is 1. The molecule has 0 N–H and O–H groups in total. The van der Waals surface area contributed by atoms with Crippen molar-refractivity contribution in [3.05, 3.63) is 23.4 Å². The number of alkyl halides is 1. The van der Waals surface area contributed by atoms with E-state index in [-0.39, 0.29) is 10.7 Å². The Bertz CT molecular complexity index is 599. The summed E-state index contributed by atoms with van der Waals surface area (Å²) >= 11 is 9.43. The van der Waals surface area contributed by atoms with Gasteiger partial charge in [-0.25, -0.2) is 4.52 Å². The zero-order valence-corrected chi connectivity index (χ0v) is 11.0. The second kappa shape index (κ2) is 3.96. The van der Waals surface area contributed by atoms with E-state index in [0.717, 1.165) is 0 Å². The highest BCUT2D eigenvalue weighted by atomic mass is 79.9. The van der Waals surface area contributed by atoms with Gasteiger partial charge < -0.3 is 0 Å². The second-order valence-electron chi connectivity index (χ2n) is 3.84. The molecule has 0 spiro atoms. The van der Waals surface area contributed by atoms with Gasteiger partial charge >= 0.3 is 0 Å². The summed E-state index contributed by atoms with van der Waals surface area (Å²) in [5.41, 5.74) is 0.565. The Morgan fingerprint density at radius 1 is 1.53 bits per heavy atom. The van der Waals surface area contributed by atoms with Crippen LogP contribution in [-0.2, 0) is 4.79 Å². The topological polar surface area (TPSA) is 50.5 Å². The molecule has 7 heteroatoms. The number of rotatable bonds is 1. The molecule has 1 aliphatic rings. The van der Waals surface area contributed by atoms with E-state index >= 15 is 0 Å². The standard InChI is InChI=1S/C10H8BrClN4O/c11-6-4-8(17)15(5-6)10-13-9-7(12)2-1-3-16(9)14-10/h1-3,6H,4-5H2. The molecule has 1 saturated heterocycles. The SMILES string of the molecule is O=C1CC(Br)CN1c1nc2c(Cl)cccn2n1. The highest BCUT2D eigenvalue weighted by Gasteiger charge is 2.31. The van der Waals surface area contributed by atoms with E-state index in [1.807, 2.05) is 0 Å². The first kappa shape index (κ1) is 11.0. The van der Waals surface area contributed by atoms with Crippen LogP contribution in [0, 0.1) is 0 Å². The number of fused-ring (bicyclic) bond motifs is 1. The van der Waals surface area contributed by atoms with Crippen molar-refractivity contribution in [3.8, 4) is 0 Å². The van der Waals surface area contributed by atoms with Gasteiger partial charge in [0.15, 0.2) is 5.65 Å². The van der Waals surface area contributed by atoms with Gasteiger partial charge in [-0.3, -0.25) is 9.69 Å². The number of anilines is 1. The first-order valence-electron chi connectivity index (χ1n) is 5.10. The third-order valence-corrected chi connectivity index (χ3v) is 3.53. The van der Waals surface area contributed by atoms with E-state index in [0.29, 0.717) is 29.6 Å². The molecule has 2 aromatic heterocycles. The van der Waals surface area contributed by atoms with Crippen LogP contribution in [0.3, 0.4) is 0 Å². The maximum Gasteiger partial charge on any atom is 0.252 e. The van der Waals surface area contributed by atoms with Crippen LogP contribution in [0.5, 0.6) is 0 Å². The Labute approximate surface area is 111 Å². The molecule has 3 rings (SSSR count). The van der Waals surface area contributed by atoms with Gasteiger partial charge in [0, 0.05) is 24.0 Å². The van der Waals surface area contributed by atoms with Crippen LogP contribution in [0.2, 0.25) is 5.02 Å². The monoisotopic (exact) mass is 314 g/mol. The minimum absolute atomic E-state index is 0.0268. The third-order valence-electron chi connectivity index (χ3n) is 2.62. The summed E-state index contributed by atoms with van der Waals surface area (Å²) in [7, 11) is 0. The lowest BCUT2D eigenvalue weighted by molar-refractivity contribution is -0.117. The summed E-state index contributed by atoms with van der Waals surface area (Å²) in [6, 6.07) is 3.53. The summed E-state index contributed by atoms with van der Waals surface area (Å²) in [6.07, 6.45) is 2.23. The molecule has 0 radical (unpaired) electrons. The molecule has 0 aromatic carbocycles. The molecule has 0 aliphatic carbocycles. The minimum Gasteiger partial charge on any atom is -0.278 e. The fourth-order valence-electron chi connectivity index (χ4n) is 1.83. The third kappa shape index (κ3) is 1.81. The van der Waals surface area contributed by atoms with Crippen molar-refractivity contribution in [2.75, 3.05) is 11.4 Å². The predicted octanol–water partition coefficient (Wildman–Crippen LogP) is 1.88. The van der Waals surface area contributed by atoms with Gasteiger partial charge in [-0.05, 0) is 12.1 Å². The average Bonchev–Trinajstić information content (AvgIpc) is 2.82. The molecule has 1 unspecified atom stereocenters. The number of aromatic nitrogens is 3. The first-order valence-corrected chi connectivity index (χ1v) is 6.40. The van der Waals surface area contributed by atoms with E-state index in [2.05, 4.69) is 26.0 Å². The van der Waals surface area contributed by atoms with Crippen molar-refractivity contribution in [2.45, 2.75) is 11.2 Å². The summed E-state index contributed by atoms with van der Waals surface area (Å²) in [5.74, 6) is 0.434. The van der Waals surface area contributed by atoms with Crippen LogP contribution < -0.4 is 4.90 Å².